The molecule has 1 saturated heterocycles. The van der Waals surface area contributed by atoms with E-state index in [1.807, 2.05) is 0 Å². The molecular formula is C14H17N3O5. The molecule has 0 aliphatic carbocycles. The normalized spacial score (nSPS) is 13.9. The lowest BCUT2D eigenvalue weighted by Crippen LogP contribution is -2.37. The first-order chi connectivity index (χ1) is 10.5. The molecule has 1 aliphatic rings. The second-order valence-corrected chi connectivity index (χ2v) is 4.82. The van der Waals surface area contributed by atoms with Crippen molar-refractivity contribution in [1.29, 1.82) is 0 Å². The fourth-order valence-corrected chi connectivity index (χ4v) is 2.19. The van der Waals surface area contributed by atoms with Gasteiger partial charge in [-0.05, 0) is 17.7 Å². The summed E-state index contributed by atoms with van der Waals surface area (Å²) < 4.78 is 0. The van der Waals surface area contributed by atoms with Crippen LogP contribution in [-0.4, -0.2) is 59.2 Å². The van der Waals surface area contributed by atoms with Crippen molar-refractivity contribution in [3.8, 4) is 0 Å². The van der Waals surface area contributed by atoms with Crippen LogP contribution in [0, 0.1) is 0 Å². The number of hydrogen-bond acceptors (Lipinski definition) is 4. The predicted octanol–water partition coefficient (Wildman–Crippen LogP) is -0.368. The van der Waals surface area contributed by atoms with E-state index in [9.17, 15) is 14.4 Å². The van der Waals surface area contributed by atoms with Crippen LogP contribution in [0.15, 0.2) is 18.2 Å². The van der Waals surface area contributed by atoms with E-state index < -0.39 is 11.9 Å². The molecule has 8 heteroatoms. The van der Waals surface area contributed by atoms with E-state index in [0.29, 0.717) is 25.2 Å². The number of aromatic carboxylic acids is 1. The van der Waals surface area contributed by atoms with Crippen LogP contribution in [0.4, 0.5) is 4.79 Å². The van der Waals surface area contributed by atoms with Crippen molar-refractivity contribution in [2.75, 3.05) is 26.2 Å². The Balaban J connectivity index is 2.01. The van der Waals surface area contributed by atoms with Crippen molar-refractivity contribution < 1.29 is 24.6 Å². The second-order valence-electron chi connectivity index (χ2n) is 4.82. The molecule has 0 spiro atoms. The number of amides is 3. The topological polar surface area (TPSA) is 119 Å². The lowest BCUT2D eigenvalue weighted by molar-refractivity contribution is 0.0691. The summed E-state index contributed by atoms with van der Waals surface area (Å²) in [7, 11) is 0. The van der Waals surface area contributed by atoms with Crippen LogP contribution in [0.1, 0.15) is 26.3 Å². The molecule has 0 unspecified atom stereocenters. The summed E-state index contributed by atoms with van der Waals surface area (Å²) in [6.45, 7) is 1.44. The Morgan fingerprint density at radius 2 is 2.09 bits per heavy atom. The van der Waals surface area contributed by atoms with Gasteiger partial charge in [-0.2, -0.15) is 0 Å². The largest absolute Gasteiger partial charge is 0.478 e. The number of nitrogens with one attached hydrogen (secondary N) is 2. The number of urea groups is 1. The fraction of sp³-hybridized carbons (Fsp3) is 0.357. The van der Waals surface area contributed by atoms with E-state index >= 15 is 0 Å². The molecule has 1 aromatic carbocycles. The zero-order valence-electron chi connectivity index (χ0n) is 11.8. The first-order valence-corrected chi connectivity index (χ1v) is 6.81. The monoisotopic (exact) mass is 307 g/mol. The van der Waals surface area contributed by atoms with Gasteiger partial charge in [0.25, 0.3) is 5.91 Å². The Kier molecular flexibility index (Phi) is 4.95. The molecule has 2 rings (SSSR count). The number of aliphatic hydroxyl groups is 1. The quantitative estimate of drug-likeness (QED) is 0.572. The van der Waals surface area contributed by atoms with E-state index in [-0.39, 0.29) is 30.3 Å². The molecule has 8 nitrogen and oxygen atoms in total. The molecule has 0 radical (unpaired) electrons. The van der Waals surface area contributed by atoms with Crippen molar-refractivity contribution >= 4 is 17.9 Å². The smallest absolute Gasteiger partial charge is 0.336 e. The summed E-state index contributed by atoms with van der Waals surface area (Å²) >= 11 is 0. The maximum Gasteiger partial charge on any atom is 0.336 e. The molecule has 4 N–H and O–H groups in total. The molecule has 0 bridgehead atoms. The van der Waals surface area contributed by atoms with Crippen LogP contribution in [0.2, 0.25) is 0 Å². The number of benzene rings is 1. The summed E-state index contributed by atoms with van der Waals surface area (Å²) in [5.41, 5.74) is 0.313. The van der Waals surface area contributed by atoms with Crippen molar-refractivity contribution in [2.24, 2.45) is 0 Å². The molecule has 22 heavy (non-hydrogen) atoms. The number of hydrogen-bond donors (Lipinski definition) is 4. The molecule has 1 heterocycles. The minimum absolute atomic E-state index is 0.00933. The van der Waals surface area contributed by atoms with E-state index in [1.165, 1.54) is 18.2 Å². The number of carbonyl (C=O) groups excluding carboxylic acids is 2. The molecule has 0 saturated carbocycles. The molecule has 1 aliphatic heterocycles. The van der Waals surface area contributed by atoms with Gasteiger partial charge in [0, 0.05) is 26.2 Å². The van der Waals surface area contributed by atoms with Gasteiger partial charge in [-0.25, -0.2) is 9.59 Å². The van der Waals surface area contributed by atoms with Gasteiger partial charge in [0.1, 0.15) is 0 Å². The number of aliphatic hydroxyl groups excluding tert-OH is 1. The van der Waals surface area contributed by atoms with Gasteiger partial charge < -0.3 is 25.7 Å². The van der Waals surface area contributed by atoms with Crippen LogP contribution >= 0.6 is 0 Å². The van der Waals surface area contributed by atoms with Gasteiger partial charge in [-0.3, -0.25) is 4.79 Å². The third-order valence-corrected chi connectivity index (χ3v) is 3.35. The van der Waals surface area contributed by atoms with Gasteiger partial charge in [0.15, 0.2) is 0 Å². The molecule has 3 amide bonds. The van der Waals surface area contributed by atoms with Gasteiger partial charge in [-0.15, -0.1) is 0 Å². The lowest BCUT2D eigenvalue weighted by Gasteiger charge is -2.15. The van der Waals surface area contributed by atoms with Crippen LogP contribution in [0.5, 0.6) is 0 Å². The zero-order chi connectivity index (χ0) is 16.1. The minimum atomic E-state index is -1.21. The van der Waals surface area contributed by atoms with Crippen LogP contribution in [0.3, 0.4) is 0 Å². The highest BCUT2D eigenvalue weighted by atomic mass is 16.4. The van der Waals surface area contributed by atoms with Crippen molar-refractivity contribution in [3.05, 3.63) is 34.9 Å². The summed E-state index contributed by atoms with van der Waals surface area (Å²) in [5, 5.41) is 23.4. The zero-order valence-corrected chi connectivity index (χ0v) is 11.8. The molecule has 0 aromatic heterocycles. The molecular weight excluding hydrogens is 290 g/mol. The highest BCUT2D eigenvalue weighted by molar-refractivity contribution is 6.04. The van der Waals surface area contributed by atoms with Gasteiger partial charge in [0.05, 0.1) is 17.7 Å². The van der Waals surface area contributed by atoms with Gasteiger partial charge >= 0.3 is 12.0 Å². The van der Waals surface area contributed by atoms with E-state index in [2.05, 4.69) is 10.6 Å². The Hall–Kier alpha value is -2.61. The number of rotatable bonds is 6. The van der Waals surface area contributed by atoms with Crippen molar-refractivity contribution in [1.82, 2.24) is 15.5 Å². The summed E-state index contributed by atoms with van der Waals surface area (Å²) in [5.74, 6) is -1.76. The average Bonchev–Trinajstić information content (AvgIpc) is 2.91. The van der Waals surface area contributed by atoms with Crippen LogP contribution in [-0.2, 0) is 6.61 Å². The van der Waals surface area contributed by atoms with E-state index in [4.69, 9.17) is 10.2 Å². The molecule has 118 valence electrons. The number of carboxylic acids is 1. The van der Waals surface area contributed by atoms with Crippen LogP contribution < -0.4 is 10.6 Å². The second kappa shape index (κ2) is 6.90. The Morgan fingerprint density at radius 1 is 1.32 bits per heavy atom. The SMILES string of the molecule is O=C(O)c1ccc(CO)cc1C(=O)NCCN1CCNC1=O. The summed E-state index contributed by atoms with van der Waals surface area (Å²) in [6.07, 6.45) is 0. The Labute approximate surface area is 126 Å². The third kappa shape index (κ3) is 3.53. The first kappa shape index (κ1) is 15.8. The van der Waals surface area contributed by atoms with Gasteiger partial charge in [0.2, 0.25) is 0 Å². The first-order valence-electron chi connectivity index (χ1n) is 6.81. The van der Waals surface area contributed by atoms with Crippen LogP contribution in [0.25, 0.3) is 0 Å². The average molecular weight is 307 g/mol. The molecule has 1 fully saturated rings. The number of nitrogens with zero attached hydrogens (tertiary/aromatic N) is 1. The van der Waals surface area contributed by atoms with Gasteiger partial charge in [-0.1, -0.05) is 6.07 Å². The lowest BCUT2D eigenvalue weighted by atomic mass is 10.0. The number of carbonyl (C=O) groups is 3. The third-order valence-electron chi connectivity index (χ3n) is 3.35. The van der Waals surface area contributed by atoms with Crippen molar-refractivity contribution in [2.45, 2.75) is 6.61 Å². The fourth-order valence-electron chi connectivity index (χ4n) is 2.19. The predicted molar refractivity (Wildman–Crippen MR) is 76.6 cm³/mol. The van der Waals surface area contributed by atoms with E-state index in [0.717, 1.165) is 0 Å². The maximum atomic E-state index is 12.1. The Morgan fingerprint density at radius 3 is 2.68 bits per heavy atom. The minimum Gasteiger partial charge on any atom is -0.478 e. The Bertz CT molecular complexity index is 602. The molecule has 1 aromatic rings. The molecule has 0 atom stereocenters. The maximum absolute atomic E-state index is 12.1. The number of carboxylic acid groups (broad SMARTS) is 1. The van der Waals surface area contributed by atoms with Crippen molar-refractivity contribution in [3.63, 3.8) is 0 Å². The summed E-state index contributed by atoms with van der Waals surface area (Å²) in [4.78, 5) is 36.2. The van der Waals surface area contributed by atoms with E-state index in [1.54, 1.807) is 4.90 Å². The highest BCUT2D eigenvalue weighted by Gasteiger charge is 2.20. The highest BCUT2D eigenvalue weighted by Crippen LogP contribution is 2.13. The summed E-state index contributed by atoms with van der Waals surface area (Å²) in [6, 6.07) is 3.91. The standard InChI is InChI=1S/C14H17N3O5/c18-8-9-1-2-10(13(20)21)11(7-9)12(19)15-3-5-17-6-4-16-14(17)22/h1-2,7,18H,3-6,8H2,(H,15,19)(H,16,22)(H,20,21).